The molecule has 3 aromatic carbocycles. The van der Waals surface area contributed by atoms with Crippen molar-refractivity contribution in [3.63, 3.8) is 0 Å². The highest BCUT2D eigenvalue weighted by Crippen LogP contribution is 2.41. The van der Waals surface area contributed by atoms with E-state index < -0.39 is 11.4 Å². The molecule has 1 unspecified atom stereocenters. The lowest BCUT2D eigenvalue weighted by molar-refractivity contribution is 0.288. The topological polar surface area (TPSA) is 35.5 Å². The first-order chi connectivity index (χ1) is 15.9. The SMILES string of the molecule is Cc1cc(N(C)[S+]([O-])/C=C/c2ccccc2)c(C)c(C(C)C)c1-c1ccc2c(c1)CCCO2. The summed E-state index contributed by atoms with van der Waals surface area (Å²) in [4.78, 5) is 0. The van der Waals surface area contributed by atoms with Crippen molar-refractivity contribution in [3.8, 4) is 16.9 Å². The highest BCUT2D eigenvalue weighted by atomic mass is 32.2. The molecule has 0 N–H and O–H groups in total. The number of rotatable bonds is 6. The lowest BCUT2D eigenvalue weighted by Crippen LogP contribution is -2.25. The largest absolute Gasteiger partial charge is 0.588 e. The number of benzene rings is 3. The molecule has 0 amide bonds. The van der Waals surface area contributed by atoms with Crippen molar-refractivity contribution in [2.45, 2.75) is 46.5 Å². The molecule has 0 bridgehead atoms. The number of hydrogen-bond donors (Lipinski definition) is 0. The number of fused-ring (bicyclic) bond motifs is 1. The van der Waals surface area contributed by atoms with E-state index in [1.165, 1.54) is 33.4 Å². The predicted molar refractivity (Wildman–Crippen MR) is 141 cm³/mol. The molecule has 0 spiro atoms. The molecule has 1 aliphatic rings. The van der Waals surface area contributed by atoms with E-state index in [1.807, 2.05) is 47.8 Å². The average Bonchev–Trinajstić information content (AvgIpc) is 2.83. The summed E-state index contributed by atoms with van der Waals surface area (Å²) < 4.78 is 20.8. The van der Waals surface area contributed by atoms with Crippen LogP contribution in [0.25, 0.3) is 17.2 Å². The Labute approximate surface area is 201 Å². The van der Waals surface area contributed by atoms with Gasteiger partial charge in [0.2, 0.25) is 0 Å². The molecule has 4 rings (SSSR count). The molecule has 4 heteroatoms. The van der Waals surface area contributed by atoms with Crippen LogP contribution in [0.4, 0.5) is 5.69 Å². The van der Waals surface area contributed by atoms with Crippen LogP contribution < -0.4 is 9.04 Å². The van der Waals surface area contributed by atoms with Crippen molar-refractivity contribution in [1.29, 1.82) is 0 Å². The summed E-state index contributed by atoms with van der Waals surface area (Å²) in [7, 11) is 1.91. The molecule has 3 aromatic rings. The first kappa shape index (κ1) is 23.5. The maximum absolute atomic E-state index is 13.1. The molecule has 33 heavy (non-hydrogen) atoms. The molecule has 1 atom stereocenters. The van der Waals surface area contributed by atoms with E-state index in [4.69, 9.17) is 4.74 Å². The molecule has 3 nitrogen and oxygen atoms in total. The Balaban J connectivity index is 1.72. The Bertz CT molecular complexity index is 1150. The third-order valence-electron chi connectivity index (χ3n) is 6.37. The molecule has 0 aromatic heterocycles. The van der Waals surface area contributed by atoms with Crippen LogP contribution >= 0.6 is 0 Å². The molecule has 1 heterocycles. The van der Waals surface area contributed by atoms with E-state index in [9.17, 15) is 4.55 Å². The average molecular weight is 460 g/mol. The highest BCUT2D eigenvalue weighted by molar-refractivity contribution is 7.95. The summed E-state index contributed by atoms with van der Waals surface area (Å²) in [5.41, 5.74) is 9.58. The monoisotopic (exact) mass is 459 g/mol. The minimum Gasteiger partial charge on any atom is -0.588 e. The van der Waals surface area contributed by atoms with Crippen molar-refractivity contribution in [2.75, 3.05) is 18.0 Å². The molecule has 0 saturated carbocycles. The summed E-state index contributed by atoms with van der Waals surface area (Å²) in [5.74, 6) is 1.36. The minimum absolute atomic E-state index is 0.340. The lowest BCUT2D eigenvalue weighted by Gasteiger charge is -2.27. The summed E-state index contributed by atoms with van der Waals surface area (Å²) in [6, 6.07) is 18.8. The van der Waals surface area contributed by atoms with Crippen LogP contribution in [0.3, 0.4) is 0 Å². The van der Waals surface area contributed by atoms with Gasteiger partial charge in [-0.3, -0.25) is 0 Å². The van der Waals surface area contributed by atoms with Gasteiger partial charge in [-0.25, -0.2) is 0 Å². The predicted octanol–water partition coefficient (Wildman–Crippen LogP) is 7.19. The van der Waals surface area contributed by atoms with Crippen molar-refractivity contribution in [2.24, 2.45) is 0 Å². The van der Waals surface area contributed by atoms with Gasteiger partial charge in [0.05, 0.1) is 30.7 Å². The normalized spacial score (nSPS) is 14.3. The Hall–Kier alpha value is -2.69. The summed E-state index contributed by atoms with van der Waals surface area (Å²) in [6.45, 7) is 9.60. The van der Waals surface area contributed by atoms with Gasteiger partial charge in [-0.1, -0.05) is 50.2 Å². The fourth-order valence-electron chi connectivity index (χ4n) is 4.76. The molecule has 0 aliphatic carbocycles. The lowest BCUT2D eigenvalue weighted by atomic mass is 9.84. The molecule has 0 saturated heterocycles. The maximum Gasteiger partial charge on any atom is 0.145 e. The number of ether oxygens (including phenoxy) is 1. The first-order valence-electron chi connectivity index (χ1n) is 11.6. The third-order valence-corrected chi connectivity index (χ3v) is 7.47. The summed E-state index contributed by atoms with van der Waals surface area (Å²) in [6.07, 6.45) is 4.05. The fraction of sp³-hybridized carbons (Fsp3) is 0.310. The Morgan fingerprint density at radius 2 is 1.82 bits per heavy atom. The number of hydrogen-bond acceptors (Lipinski definition) is 3. The number of aryl methyl sites for hydroxylation is 2. The zero-order valence-corrected chi connectivity index (χ0v) is 21.0. The van der Waals surface area contributed by atoms with Crippen molar-refractivity contribution in [1.82, 2.24) is 0 Å². The van der Waals surface area contributed by atoms with E-state index in [0.29, 0.717) is 5.92 Å². The minimum atomic E-state index is -1.27. The van der Waals surface area contributed by atoms with Gasteiger partial charge >= 0.3 is 0 Å². The van der Waals surface area contributed by atoms with Gasteiger partial charge in [-0.05, 0) is 95.8 Å². The van der Waals surface area contributed by atoms with E-state index in [0.717, 1.165) is 36.4 Å². The van der Waals surface area contributed by atoms with Crippen molar-refractivity contribution < 1.29 is 9.29 Å². The molecule has 172 valence electrons. The molecular formula is C29H33NO2S. The van der Waals surface area contributed by atoms with Crippen LogP contribution in [0.15, 0.2) is 60.0 Å². The highest BCUT2D eigenvalue weighted by Gasteiger charge is 2.24. The Kier molecular flexibility index (Phi) is 7.16. The van der Waals surface area contributed by atoms with Crippen LogP contribution in [-0.4, -0.2) is 18.2 Å². The third kappa shape index (κ3) is 4.97. The second-order valence-electron chi connectivity index (χ2n) is 9.04. The van der Waals surface area contributed by atoms with Crippen LogP contribution in [0.5, 0.6) is 5.75 Å². The molecule has 0 fully saturated rings. The Morgan fingerprint density at radius 3 is 2.55 bits per heavy atom. The van der Waals surface area contributed by atoms with E-state index in [1.54, 1.807) is 5.41 Å². The standard InChI is InChI=1S/C29H33NO2S/c1-20(2)28-22(4)26(30(5)33(31)17-15-23-10-7-6-8-11-23)18-21(3)29(28)25-13-14-27-24(19-25)12-9-16-32-27/h6-8,10-11,13-15,17-20H,9,12,16H2,1-5H3/b17-15+. The zero-order chi connectivity index (χ0) is 23.5. The molecular weight excluding hydrogens is 426 g/mol. The van der Waals surface area contributed by atoms with Gasteiger partial charge in [0, 0.05) is 0 Å². The first-order valence-corrected chi connectivity index (χ1v) is 12.8. The van der Waals surface area contributed by atoms with Gasteiger partial charge in [0.15, 0.2) is 0 Å². The van der Waals surface area contributed by atoms with Gasteiger partial charge in [-0.15, -0.1) is 0 Å². The maximum atomic E-state index is 13.1. The van der Waals surface area contributed by atoms with Crippen LogP contribution in [0.1, 0.15) is 54.0 Å². The number of nitrogens with zero attached hydrogens (tertiary/aromatic N) is 1. The van der Waals surface area contributed by atoms with E-state index >= 15 is 0 Å². The Morgan fingerprint density at radius 1 is 1.06 bits per heavy atom. The van der Waals surface area contributed by atoms with Crippen molar-refractivity contribution in [3.05, 3.63) is 87.8 Å². The van der Waals surface area contributed by atoms with Crippen LogP contribution in [0, 0.1) is 13.8 Å². The summed E-state index contributed by atoms with van der Waals surface area (Å²) in [5, 5.41) is 1.76. The van der Waals surface area contributed by atoms with Gasteiger partial charge in [0.1, 0.15) is 11.2 Å². The second-order valence-corrected chi connectivity index (χ2v) is 10.4. The van der Waals surface area contributed by atoms with Crippen LogP contribution in [0.2, 0.25) is 0 Å². The second kappa shape index (κ2) is 10.1. The van der Waals surface area contributed by atoms with Crippen LogP contribution in [-0.2, 0) is 17.8 Å². The van der Waals surface area contributed by atoms with E-state index in [2.05, 4.69) is 52.0 Å². The summed E-state index contributed by atoms with van der Waals surface area (Å²) >= 11 is -1.27. The van der Waals surface area contributed by atoms with Crippen molar-refractivity contribution >= 4 is 23.1 Å². The van der Waals surface area contributed by atoms with Gasteiger partial charge < -0.3 is 9.29 Å². The zero-order valence-electron chi connectivity index (χ0n) is 20.2. The molecule has 1 aliphatic heterocycles. The number of anilines is 1. The van der Waals surface area contributed by atoms with E-state index in [-0.39, 0.29) is 0 Å². The quantitative estimate of drug-likeness (QED) is 0.366. The van der Waals surface area contributed by atoms with Gasteiger partial charge in [0.25, 0.3) is 0 Å². The van der Waals surface area contributed by atoms with Gasteiger partial charge in [-0.2, -0.15) is 4.31 Å². The fourth-order valence-corrected chi connectivity index (χ4v) is 5.60. The smallest absolute Gasteiger partial charge is 0.145 e. The molecule has 0 radical (unpaired) electrons.